The van der Waals surface area contributed by atoms with Crippen LogP contribution in [0.1, 0.15) is 38.5 Å². The molecule has 0 aliphatic carbocycles. The van der Waals surface area contributed by atoms with Crippen molar-refractivity contribution in [3.63, 3.8) is 0 Å². The average Bonchev–Trinajstić information content (AvgIpc) is 3.73. The van der Waals surface area contributed by atoms with Crippen molar-refractivity contribution < 1.29 is 22.8 Å². The first kappa shape index (κ1) is 30.4. The second kappa shape index (κ2) is 12.7. The zero-order chi connectivity index (χ0) is 29.3. The first-order chi connectivity index (χ1) is 19.5. The molecule has 3 saturated heterocycles. The van der Waals surface area contributed by atoms with Gasteiger partial charge in [0.15, 0.2) is 0 Å². The Hall–Kier alpha value is -2.03. The molecule has 41 heavy (non-hydrogen) atoms. The summed E-state index contributed by atoms with van der Waals surface area (Å²) in [6.07, 6.45) is 4.51. The third-order valence-corrected chi connectivity index (χ3v) is 12.5. The van der Waals surface area contributed by atoms with Crippen molar-refractivity contribution in [3.05, 3.63) is 28.6 Å². The topological polar surface area (TPSA) is 110 Å². The number of halogens is 1. The normalized spacial score (nSPS) is 23.9. The van der Waals surface area contributed by atoms with Crippen LogP contribution in [0.5, 0.6) is 0 Å². The predicted octanol–water partition coefficient (Wildman–Crippen LogP) is 2.94. The van der Waals surface area contributed by atoms with Gasteiger partial charge in [0.05, 0.1) is 16.9 Å². The van der Waals surface area contributed by atoms with E-state index in [1.54, 1.807) is 31.1 Å². The van der Waals surface area contributed by atoms with E-state index in [-0.39, 0.29) is 40.6 Å². The van der Waals surface area contributed by atoms with Crippen LogP contribution in [0.2, 0.25) is 4.34 Å². The fourth-order valence-corrected chi connectivity index (χ4v) is 9.68. The van der Waals surface area contributed by atoms with Gasteiger partial charge in [-0.3, -0.25) is 19.3 Å². The van der Waals surface area contributed by atoms with Crippen molar-refractivity contribution >= 4 is 62.0 Å². The van der Waals surface area contributed by atoms with Gasteiger partial charge < -0.3 is 14.7 Å². The van der Waals surface area contributed by atoms with Gasteiger partial charge in [0.1, 0.15) is 10.3 Å². The third-order valence-electron chi connectivity index (χ3n) is 8.05. The monoisotopic (exact) mass is 641 g/mol. The molecule has 3 aliphatic heterocycles. The van der Waals surface area contributed by atoms with Crippen molar-refractivity contribution in [1.29, 1.82) is 0 Å². The van der Waals surface area contributed by atoms with Gasteiger partial charge in [0.2, 0.25) is 17.7 Å². The number of hydrogen-bond donors (Lipinski definition) is 1. The number of piperidine rings is 1. The molecule has 5 rings (SSSR count). The molecule has 0 aromatic carbocycles. The van der Waals surface area contributed by atoms with Crippen LogP contribution in [0.15, 0.2) is 28.5 Å². The first-order valence-corrected chi connectivity index (χ1v) is 17.4. The fraction of sp³-hybridized carbons (Fsp3) is 0.593. The van der Waals surface area contributed by atoms with Gasteiger partial charge in [0, 0.05) is 49.5 Å². The smallest absolute Gasteiger partial charge is 0.250 e. The second-order valence-electron chi connectivity index (χ2n) is 11.1. The van der Waals surface area contributed by atoms with E-state index in [1.165, 1.54) is 22.3 Å². The quantitative estimate of drug-likeness (QED) is 0.451. The Kier molecular flexibility index (Phi) is 9.41. The summed E-state index contributed by atoms with van der Waals surface area (Å²) in [7, 11) is -0.380. The number of carbonyl (C=O) groups excluding carboxylic acids is 3. The molecule has 14 heteroatoms. The predicted molar refractivity (Wildman–Crippen MR) is 161 cm³/mol. The van der Waals surface area contributed by atoms with Crippen LogP contribution in [-0.4, -0.2) is 111 Å². The minimum absolute atomic E-state index is 0.00138. The van der Waals surface area contributed by atoms with Gasteiger partial charge in [-0.1, -0.05) is 11.6 Å². The largest absolute Gasteiger partial charge is 0.347 e. The molecule has 3 amide bonds. The number of sulfonamides is 1. The van der Waals surface area contributed by atoms with E-state index in [1.807, 2.05) is 11.0 Å². The molecule has 3 unspecified atom stereocenters. The van der Waals surface area contributed by atoms with Crippen LogP contribution in [0.3, 0.4) is 0 Å². The number of nitrogens with zero attached hydrogens (tertiary/aromatic N) is 4. The summed E-state index contributed by atoms with van der Waals surface area (Å²) in [6.45, 7) is 2.44. The maximum absolute atomic E-state index is 13.4. The zero-order valence-electron chi connectivity index (χ0n) is 23.3. The summed E-state index contributed by atoms with van der Waals surface area (Å²) in [6, 6.07) is 5.82. The number of carbonyl (C=O) groups is 3. The summed E-state index contributed by atoms with van der Waals surface area (Å²) < 4.78 is 29.7. The highest BCUT2D eigenvalue weighted by molar-refractivity contribution is 7.91. The van der Waals surface area contributed by atoms with Crippen LogP contribution in [-0.2, 0) is 24.4 Å². The minimum Gasteiger partial charge on any atom is -0.347 e. The molecule has 5 heterocycles. The Bertz CT molecular complexity index is 1390. The molecular weight excluding hydrogens is 606 g/mol. The molecular formula is C27H36ClN5O5S3. The lowest BCUT2D eigenvalue weighted by molar-refractivity contribution is -0.143. The van der Waals surface area contributed by atoms with Crippen molar-refractivity contribution in [2.24, 2.45) is 0 Å². The van der Waals surface area contributed by atoms with E-state index in [4.69, 9.17) is 11.6 Å². The van der Waals surface area contributed by atoms with E-state index in [9.17, 15) is 22.8 Å². The Labute approximate surface area is 254 Å². The van der Waals surface area contributed by atoms with E-state index in [0.29, 0.717) is 36.8 Å². The lowest BCUT2D eigenvalue weighted by atomic mass is 10.1. The average molecular weight is 642 g/mol. The van der Waals surface area contributed by atoms with Crippen LogP contribution in [0.4, 0.5) is 0 Å². The molecule has 3 atom stereocenters. The van der Waals surface area contributed by atoms with Gasteiger partial charge in [-0.25, -0.2) is 8.42 Å². The van der Waals surface area contributed by atoms with Crippen LogP contribution >= 0.6 is 34.3 Å². The summed E-state index contributed by atoms with van der Waals surface area (Å²) in [5, 5.41) is 0. The number of likely N-dealkylation sites (N-methyl/N-ethyl adjacent to an activating group) is 1. The molecule has 0 bridgehead atoms. The molecule has 224 valence electrons. The number of thiophene rings is 2. The van der Waals surface area contributed by atoms with E-state index in [0.717, 1.165) is 53.3 Å². The molecule has 0 saturated carbocycles. The molecule has 0 spiro atoms. The maximum atomic E-state index is 13.4. The van der Waals surface area contributed by atoms with Crippen LogP contribution < -0.4 is 4.72 Å². The summed E-state index contributed by atoms with van der Waals surface area (Å²) in [5.74, 6) is -0.404. The van der Waals surface area contributed by atoms with Gasteiger partial charge in [-0.05, 0) is 69.3 Å². The SMILES string of the molecule is CN(C)C(=O)C1CCCN1CC1CCCN1C(=O)CN1CCCC(NS(=O)(=O)c2ccc(-c3ccc(Cl)s3)s2)C1=O. The summed E-state index contributed by atoms with van der Waals surface area (Å²) >= 11 is 8.52. The van der Waals surface area contributed by atoms with E-state index >= 15 is 0 Å². The molecule has 3 fully saturated rings. The molecule has 3 aliphatic rings. The molecule has 1 N–H and O–H groups in total. The molecule has 2 aromatic rings. The van der Waals surface area contributed by atoms with E-state index < -0.39 is 16.1 Å². The number of nitrogens with one attached hydrogen (secondary N) is 1. The highest BCUT2D eigenvalue weighted by Gasteiger charge is 2.39. The minimum atomic E-state index is -3.92. The number of amides is 3. The third kappa shape index (κ3) is 6.80. The molecule has 2 aromatic heterocycles. The van der Waals surface area contributed by atoms with Crippen molar-refractivity contribution in [2.75, 3.05) is 46.8 Å². The van der Waals surface area contributed by atoms with Gasteiger partial charge in [-0.2, -0.15) is 4.72 Å². The number of rotatable bonds is 9. The van der Waals surface area contributed by atoms with Crippen LogP contribution in [0.25, 0.3) is 9.75 Å². The fourth-order valence-electron chi connectivity index (χ4n) is 6.00. The van der Waals surface area contributed by atoms with Gasteiger partial charge in [0.25, 0.3) is 10.0 Å². The van der Waals surface area contributed by atoms with Crippen molar-refractivity contribution in [1.82, 2.24) is 24.3 Å². The molecule has 10 nitrogen and oxygen atoms in total. The zero-order valence-corrected chi connectivity index (χ0v) is 26.5. The second-order valence-corrected chi connectivity index (χ2v) is 15.8. The Balaban J connectivity index is 1.19. The lowest BCUT2D eigenvalue weighted by Gasteiger charge is -2.35. The Morgan fingerprint density at radius 3 is 2.44 bits per heavy atom. The lowest BCUT2D eigenvalue weighted by Crippen LogP contribution is -2.55. The Morgan fingerprint density at radius 2 is 1.71 bits per heavy atom. The standard InChI is InChI=1S/C27H36ClN5O5S3/c1-30(2)27(36)20-8-5-13-31(20)16-18-6-3-15-33(18)24(34)17-32-14-4-7-19(26(32)35)29-41(37,38)25-12-10-22(40-25)21-9-11-23(28)39-21/h9-12,18-20,29H,3-8,13-17H2,1-2H3. The van der Waals surface area contributed by atoms with Gasteiger partial charge in [-0.15, -0.1) is 22.7 Å². The summed E-state index contributed by atoms with van der Waals surface area (Å²) in [4.78, 5) is 48.2. The van der Waals surface area contributed by atoms with Crippen LogP contribution in [0, 0.1) is 0 Å². The number of hydrogen-bond acceptors (Lipinski definition) is 8. The number of likely N-dealkylation sites (tertiary alicyclic amines) is 3. The first-order valence-electron chi connectivity index (χ1n) is 13.9. The van der Waals surface area contributed by atoms with Gasteiger partial charge >= 0.3 is 0 Å². The highest BCUT2D eigenvalue weighted by Crippen LogP contribution is 2.37. The summed E-state index contributed by atoms with van der Waals surface area (Å²) in [5.41, 5.74) is 0. The van der Waals surface area contributed by atoms with Crippen molar-refractivity contribution in [3.8, 4) is 9.75 Å². The van der Waals surface area contributed by atoms with Crippen molar-refractivity contribution in [2.45, 2.75) is 60.9 Å². The molecule has 0 radical (unpaired) electrons. The Morgan fingerprint density at radius 1 is 1.00 bits per heavy atom. The maximum Gasteiger partial charge on any atom is 0.250 e. The van der Waals surface area contributed by atoms with E-state index in [2.05, 4.69) is 9.62 Å². The highest BCUT2D eigenvalue weighted by atomic mass is 35.5.